The molecule has 0 aliphatic heterocycles. The fourth-order valence-corrected chi connectivity index (χ4v) is 1.93. The normalized spacial score (nSPS) is 10.1. The molecule has 0 heterocycles. The van der Waals surface area contributed by atoms with Crippen LogP contribution in [0.1, 0.15) is 11.1 Å². The maximum atomic E-state index is 5.84. The first-order valence-corrected chi connectivity index (χ1v) is 6.74. The zero-order valence-electron chi connectivity index (χ0n) is 10.9. The lowest BCUT2D eigenvalue weighted by molar-refractivity contribution is 0.284. The molecule has 2 aromatic carbocycles. The molecule has 2 N–H and O–H groups in total. The van der Waals surface area contributed by atoms with E-state index in [0.717, 1.165) is 11.1 Å². The molecular formula is C15H14ClNO2S. The molecule has 104 valence electrons. The second-order valence-corrected chi connectivity index (χ2v) is 5.02. The molecule has 3 nitrogen and oxygen atoms in total. The van der Waals surface area contributed by atoms with Crippen LogP contribution < -0.4 is 15.2 Å². The largest absolute Gasteiger partial charge is 0.493 e. The van der Waals surface area contributed by atoms with Crippen molar-refractivity contribution in [1.29, 1.82) is 0 Å². The van der Waals surface area contributed by atoms with Crippen molar-refractivity contribution in [2.75, 3.05) is 7.11 Å². The Labute approximate surface area is 128 Å². The van der Waals surface area contributed by atoms with E-state index in [0.29, 0.717) is 28.1 Å². The van der Waals surface area contributed by atoms with Crippen LogP contribution in [0.5, 0.6) is 11.5 Å². The Morgan fingerprint density at radius 2 is 1.85 bits per heavy atom. The minimum Gasteiger partial charge on any atom is -0.493 e. The topological polar surface area (TPSA) is 44.5 Å². The van der Waals surface area contributed by atoms with Crippen LogP contribution in [0.25, 0.3) is 0 Å². The van der Waals surface area contributed by atoms with Gasteiger partial charge in [-0.25, -0.2) is 0 Å². The predicted molar refractivity (Wildman–Crippen MR) is 84.7 cm³/mol. The monoisotopic (exact) mass is 307 g/mol. The molecule has 0 saturated heterocycles. The summed E-state index contributed by atoms with van der Waals surface area (Å²) in [6, 6.07) is 12.8. The molecule has 0 bridgehead atoms. The van der Waals surface area contributed by atoms with Crippen molar-refractivity contribution in [1.82, 2.24) is 0 Å². The van der Waals surface area contributed by atoms with Gasteiger partial charge in [0, 0.05) is 10.6 Å². The lowest BCUT2D eigenvalue weighted by Crippen LogP contribution is -2.09. The van der Waals surface area contributed by atoms with Gasteiger partial charge in [0.15, 0.2) is 11.5 Å². The highest BCUT2D eigenvalue weighted by molar-refractivity contribution is 7.80. The van der Waals surface area contributed by atoms with Crippen molar-refractivity contribution in [2.45, 2.75) is 6.61 Å². The molecule has 0 radical (unpaired) electrons. The zero-order valence-corrected chi connectivity index (χ0v) is 12.5. The van der Waals surface area contributed by atoms with Gasteiger partial charge in [-0.2, -0.15) is 0 Å². The van der Waals surface area contributed by atoms with Crippen molar-refractivity contribution in [3.63, 3.8) is 0 Å². The third-order valence-electron chi connectivity index (χ3n) is 2.76. The van der Waals surface area contributed by atoms with Crippen LogP contribution >= 0.6 is 23.8 Å². The Bertz CT molecular complexity index is 614. The van der Waals surface area contributed by atoms with Crippen LogP contribution in [-0.2, 0) is 6.61 Å². The number of ether oxygens (including phenoxy) is 2. The highest BCUT2D eigenvalue weighted by Crippen LogP contribution is 2.28. The minimum atomic E-state index is 0.326. The first-order chi connectivity index (χ1) is 9.60. The van der Waals surface area contributed by atoms with Gasteiger partial charge in [-0.3, -0.25) is 0 Å². The number of rotatable bonds is 5. The van der Waals surface area contributed by atoms with Gasteiger partial charge in [0.2, 0.25) is 0 Å². The van der Waals surface area contributed by atoms with Crippen LogP contribution in [0.15, 0.2) is 42.5 Å². The first-order valence-electron chi connectivity index (χ1n) is 5.95. The average Bonchev–Trinajstić information content (AvgIpc) is 2.46. The van der Waals surface area contributed by atoms with Gasteiger partial charge in [-0.15, -0.1) is 0 Å². The van der Waals surface area contributed by atoms with Gasteiger partial charge in [-0.05, 0) is 35.9 Å². The first kappa shape index (κ1) is 14.6. The van der Waals surface area contributed by atoms with Crippen molar-refractivity contribution in [3.8, 4) is 11.5 Å². The summed E-state index contributed by atoms with van der Waals surface area (Å²) in [7, 11) is 1.58. The second-order valence-electron chi connectivity index (χ2n) is 4.15. The molecule has 5 heteroatoms. The highest BCUT2D eigenvalue weighted by Gasteiger charge is 2.07. The predicted octanol–water partition coefficient (Wildman–Crippen LogP) is 3.56. The van der Waals surface area contributed by atoms with Gasteiger partial charge < -0.3 is 15.2 Å². The number of halogens is 1. The number of benzene rings is 2. The van der Waals surface area contributed by atoms with Gasteiger partial charge in [0.25, 0.3) is 0 Å². The maximum absolute atomic E-state index is 5.84. The summed E-state index contributed by atoms with van der Waals surface area (Å²) in [6.45, 7) is 0.431. The van der Waals surface area contributed by atoms with Crippen molar-refractivity contribution in [2.24, 2.45) is 5.73 Å². The Kier molecular flexibility index (Phi) is 4.82. The maximum Gasteiger partial charge on any atom is 0.161 e. The summed E-state index contributed by atoms with van der Waals surface area (Å²) in [5, 5.41) is 0.701. The van der Waals surface area contributed by atoms with Crippen molar-refractivity contribution >= 4 is 28.8 Å². The molecule has 0 fully saturated rings. The summed E-state index contributed by atoms with van der Waals surface area (Å²) in [4.78, 5) is 0.326. The SMILES string of the molecule is COc1cc(C(N)=S)ccc1OCc1ccc(Cl)cc1. The molecule has 2 rings (SSSR count). The molecule has 0 amide bonds. The van der Waals surface area contributed by atoms with E-state index >= 15 is 0 Å². The van der Waals surface area contributed by atoms with E-state index < -0.39 is 0 Å². The summed E-state index contributed by atoms with van der Waals surface area (Å²) < 4.78 is 11.0. The highest BCUT2D eigenvalue weighted by atomic mass is 35.5. The van der Waals surface area contributed by atoms with E-state index in [1.54, 1.807) is 19.2 Å². The van der Waals surface area contributed by atoms with Gasteiger partial charge in [0.1, 0.15) is 11.6 Å². The lowest BCUT2D eigenvalue weighted by Gasteiger charge is -2.12. The molecule has 0 aliphatic rings. The molecule has 0 aromatic heterocycles. The van der Waals surface area contributed by atoms with E-state index in [-0.39, 0.29) is 0 Å². The summed E-state index contributed by atoms with van der Waals surface area (Å²) in [5.74, 6) is 1.24. The third kappa shape index (κ3) is 3.62. The van der Waals surface area contributed by atoms with Crippen LogP contribution in [-0.4, -0.2) is 12.1 Å². The van der Waals surface area contributed by atoms with Crippen LogP contribution in [0, 0.1) is 0 Å². The van der Waals surface area contributed by atoms with E-state index in [1.165, 1.54) is 0 Å². The molecule has 20 heavy (non-hydrogen) atoms. The van der Waals surface area contributed by atoms with E-state index in [4.69, 9.17) is 39.0 Å². The summed E-state index contributed by atoms with van der Waals surface area (Å²) >= 11 is 10.8. The minimum absolute atomic E-state index is 0.326. The second kappa shape index (κ2) is 6.59. The molecular weight excluding hydrogens is 294 g/mol. The average molecular weight is 308 g/mol. The van der Waals surface area contributed by atoms with Crippen molar-refractivity contribution < 1.29 is 9.47 Å². The Balaban J connectivity index is 2.12. The van der Waals surface area contributed by atoms with Gasteiger partial charge >= 0.3 is 0 Å². The molecule has 0 aliphatic carbocycles. The van der Waals surface area contributed by atoms with Gasteiger partial charge in [-0.1, -0.05) is 36.0 Å². The number of nitrogens with two attached hydrogens (primary N) is 1. The number of hydrogen-bond acceptors (Lipinski definition) is 3. The quantitative estimate of drug-likeness (QED) is 0.858. The standard InChI is InChI=1S/C15H14ClNO2S/c1-18-14-8-11(15(17)20)4-7-13(14)19-9-10-2-5-12(16)6-3-10/h2-8H,9H2,1H3,(H2,17,20). The van der Waals surface area contributed by atoms with Crippen molar-refractivity contribution in [3.05, 3.63) is 58.6 Å². The summed E-state index contributed by atoms with van der Waals surface area (Å²) in [5.41, 5.74) is 7.36. The van der Waals surface area contributed by atoms with E-state index in [2.05, 4.69) is 0 Å². The molecule has 0 spiro atoms. The number of thiocarbonyl (C=S) groups is 1. The summed E-state index contributed by atoms with van der Waals surface area (Å²) in [6.07, 6.45) is 0. The molecule has 2 aromatic rings. The third-order valence-corrected chi connectivity index (χ3v) is 3.24. The molecule has 0 unspecified atom stereocenters. The number of methoxy groups -OCH3 is 1. The molecule has 0 saturated carbocycles. The fraction of sp³-hybridized carbons (Fsp3) is 0.133. The van der Waals surface area contributed by atoms with Crippen LogP contribution in [0.2, 0.25) is 5.02 Å². The zero-order chi connectivity index (χ0) is 14.5. The van der Waals surface area contributed by atoms with Crippen LogP contribution in [0.4, 0.5) is 0 Å². The van der Waals surface area contributed by atoms with Gasteiger partial charge in [0.05, 0.1) is 7.11 Å². The van der Waals surface area contributed by atoms with E-state index in [1.807, 2.05) is 30.3 Å². The van der Waals surface area contributed by atoms with E-state index in [9.17, 15) is 0 Å². The Morgan fingerprint density at radius 1 is 1.15 bits per heavy atom. The Morgan fingerprint density at radius 3 is 2.45 bits per heavy atom. The van der Waals surface area contributed by atoms with Crippen LogP contribution in [0.3, 0.4) is 0 Å². The fourth-order valence-electron chi connectivity index (χ4n) is 1.68. The molecule has 0 atom stereocenters. The smallest absolute Gasteiger partial charge is 0.161 e. The number of hydrogen-bond donors (Lipinski definition) is 1. The lowest BCUT2D eigenvalue weighted by atomic mass is 10.2. The Hall–Kier alpha value is -1.78.